The van der Waals surface area contributed by atoms with Crippen LogP contribution in [0, 0.1) is 0 Å². The number of fused-ring (bicyclic) bond motifs is 1. The van der Waals surface area contributed by atoms with Crippen molar-refractivity contribution in [2.24, 2.45) is 5.73 Å². The summed E-state index contributed by atoms with van der Waals surface area (Å²) in [6.07, 6.45) is 6.44. The van der Waals surface area contributed by atoms with Crippen LogP contribution >= 0.6 is 22.7 Å². The number of anilines is 4. The predicted octanol–water partition coefficient (Wildman–Crippen LogP) is 3.77. The van der Waals surface area contributed by atoms with Gasteiger partial charge in [0.25, 0.3) is 5.91 Å². The van der Waals surface area contributed by atoms with Crippen LogP contribution in [0.25, 0.3) is 20.9 Å². The molecule has 0 radical (unpaired) electrons. The van der Waals surface area contributed by atoms with E-state index >= 15 is 0 Å². The molecule has 1 aliphatic heterocycles. The van der Waals surface area contributed by atoms with Gasteiger partial charge in [-0.3, -0.25) is 9.59 Å². The molecule has 4 aromatic rings. The number of morpholine rings is 1. The first kappa shape index (κ1) is 25.7. The molecular formula is C26H28N6O5S2. The minimum absolute atomic E-state index is 0.0771. The molecule has 2 fully saturated rings. The van der Waals surface area contributed by atoms with E-state index in [4.69, 9.17) is 14.9 Å². The third kappa shape index (κ3) is 5.35. The molecule has 204 valence electrons. The number of aromatic nitrogens is 2. The van der Waals surface area contributed by atoms with Gasteiger partial charge < -0.3 is 35.5 Å². The number of primary amides is 1. The number of aliphatic hydroxyl groups is 1. The molecule has 0 aromatic carbocycles. The van der Waals surface area contributed by atoms with Crippen molar-refractivity contribution >= 4 is 61.1 Å². The van der Waals surface area contributed by atoms with E-state index in [9.17, 15) is 14.7 Å². The van der Waals surface area contributed by atoms with Crippen molar-refractivity contribution < 1.29 is 19.1 Å². The molecule has 1 amide bonds. The Balaban J connectivity index is 1.28. The summed E-state index contributed by atoms with van der Waals surface area (Å²) in [6, 6.07) is 3.22. The highest BCUT2D eigenvalue weighted by molar-refractivity contribution is 7.20. The van der Waals surface area contributed by atoms with Crippen molar-refractivity contribution in [1.29, 1.82) is 0 Å². The number of thiazole rings is 1. The molecule has 1 saturated carbocycles. The van der Waals surface area contributed by atoms with Gasteiger partial charge in [0.05, 0.1) is 54.7 Å². The number of carbonyl (C=O) groups is 1. The smallest absolute Gasteiger partial charge is 0.269 e. The van der Waals surface area contributed by atoms with Crippen molar-refractivity contribution in [2.45, 2.75) is 37.8 Å². The minimum atomic E-state index is -0.660. The number of hydrogen-bond acceptors (Lipinski definition) is 12. The van der Waals surface area contributed by atoms with Crippen molar-refractivity contribution in [3.05, 3.63) is 45.8 Å². The summed E-state index contributed by atoms with van der Waals surface area (Å²) in [5.41, 5.74) is 7.95. The van der Waals surface area contributed by atoms with Crippen LogP contribution < -0.4 is 26.7 Å². The SMILES string of the molecule is NC(=O)c1ncc(N[C@@H]2CCCC[C@@H]2O)cc1Nc1cnc(-c2csc3c(=O)cc(N4CCOCC4)oc23)s1. The summed E-state index contributed by atoms with van der Waals surface area (Å²) in [5.74, 6) is -0.136. The molecule has 39 heavy (non-hydrogen) atoms. The van der Waals surface area contributed by atoms with Crippen LogP contribution in [0.15, 0.2) is 39.1 Å². The van der Waals surface area contributed by atoms with E-state index in [1.54, 1.807) is 18.5 Å². The average molecular weight is 569 g/mol. The van der Waals surface area contributed by atoms with E-state index in [-0.39, 0.29) is 17.2 Å². The van der Waals surface area contributed by atoms with E-state index < -0.39 is 12.0 Å². The van der Waals surface area contributed by atoms with Crippen molar-refractivity contribution in [2.75, 3.05) is 41.8 Å². The van der Waals surface area contributed by atoms with Crippen LogP contribution in [0.5, 0.6) is 0 Å². The van der Waals surface area contributed by atoms with Crippen LogP contribution in [-0.2, 0) is 4.74 Å². The summed E-state index contributed by atoms with van der Waals surface area (Å²) in [6.45, 7) is 2.48. The number of carbonyl (C=O) groups excluding carboxylic acids is 1. The van der Waals surface area contributed by atoms with Crippen LogP contribution in [-0.4, -0.2) is 59.4 Å². The standard InChI is InChI=1S/C26H28N6O5S2/c27-25(35)22-17(9-14(11-28-22)30-16-3-1-2-4-18(16)33)31-20-12-29-26(39-20)15-13-38-24-19(34)10-21(37-23(15)24)32-5-7-36-8-6-32/h9-13,16,18,30-31,33H,1-8H2,(H2,27,35)/t16-,18+/m1/s1. The van der Waals surface area contributed by atoms with Gasteiger partial charge >= 0.3 is 0 Å². The Hall–Kier alpha value is -3.52. The second kappa shape index (κ2) is 10.9. The van der Waals surface area contributed by atoms with Gasteiger partial charge in [-0.05, 0) is 18.9 Å². The normalized spacial score (nSPS) is 19.8. The number of nitrogens with zero attached hydrogens (tertiary/aromatic N) is 3. The largest absolute Gasteiger partial charge is 0.439 e. The van der Waals surface area contributed by atoms with Gasteiger partial charge in [0.1, 0.15) is 14.7 Å². The molecule has 0 spiro atoms. The summed E-state index contributed by atoms with van der Waals surface area (Å²) >= 11 is 2.68. The molecule has 1 aliphatic carbocycles. The summed E-state index contributed by atoms with van der Waals surface area (Å²) in [5, 5.41) is 20.1. The Kier molecular flexibility index (Phi) is 7.21. The Morgan fingerprint density at radius 3 is 2.77 bits per heavy atom. The molecule has 2 aliphatic rings. The third-order valence-corrected chi connectivity index (χ3v) is 8.87. The molecule has 4 aromatic heterocycles. The van der Waals surface area contributed by atoms with Crippen molar-refractivity contribution in [1.82, 2.24) is 9.97 Å². The lowest BCUT2D eigenvalue weighted by molar-refractivity contribution is 0.0996. The number of aliphatic hydroxyl groups excluding tert-OH is 1. The van der Waals surface area contributed by atoms with E-state index in [1.807, 2.05) is 10.3 Å². The third-order valence-electron chi connectivity index (χ3n) is 6.95. The molecule has 5 N–H and O–H groups in total. The number of pyridine rings is 1. The summed E-state index contributed by atoms with van der Waals surface area (Å²) < 4.78 is 12.2. The van der Waals surface area contributed by atoms with Gasteiger partial charge in [-0.25, -0.2) is 9.97 Å². The van der Waals surface area contributed by atoms with Gasteiger partial charge in [0.2, 0.25) is 5.43 Å². The van der Waals surface area contributed by atoms with Crippen LogP contribution in [0.3, 0.4) is 0 Å². The molecule has 6 rings (SSSR count). The van der Waals surface area contributed by atoms with Gasteiger partial charge in [-0.2, -0.15) is 0 Å². The summed E-state index contributed by atoms with van der Waals surface area (Å²) in [7, 11) is 0. The fourth-order valence-electron chi connectivity index (χ4n) is 4.94. The quantitative estimate of drug-likeness (QED) is 0.259. The van der Waals surface area contributed by atoms with E-state index in [0.29, 0.717) is 63.9 Å². The second-order valence-electron chi connectivity index (χ2n) is 9.60. The average Bonchev–Trinajstić information content (AvgIpc) is 3.58. The zero-order valence-electron chi connectivity index (χ0n) is 21.0. The minimum Gasteiger partial charge on any atom is -0.439 e. The molecule has 11 nitrogen and oxygen atoms in total. The maximum absolute atomic E-state index is 12.8. The highest BCUT2D eigenvalue weighted by atomic mass is 32.1. The number of nitrogens with two attached hydrogens (primary N) is 1. The van der Waals surface area contributed by atoms with Crippen LogP contribution in [0.2, 0.25) is 0 Å². The first-order chi connectivity index (χ1) is 19.0. The molecule has 5 heterocycles. The number of rotatable bonds is 7. The predicted molar refractivity (Wildman–Crippen MR) is 152 cm³/mol. The van der Waals surface area contributed by atoms with Gasteiger partial charge in [-0.15, -0.1) is 11.3 Å². The first-order valence-electron chi connectivity index (χ1n) is 12.8. The van der Waals surface area contributed by atoms with Gasteiger partial charge in [0.15, 0.2) is 17.2 Å². The topological polar surface area (TPSA) is 156 Å². The molecular weight excluding hydrogens is 540 g/mol. The van der Waals surface area contributed by atoms with Crippen LogP contribution in [0.4, 0.5) is 22.3 Å². The highest BCUT2D eigenvalue weighted by Gasteiger charge is 2.24. The lowest BCUT2D eigenvalue weighted by atomic mass is 9.92. The first-order valence-corrected chi connectivity index (χ1v) is 14.5. The number of ether oxygens (including phenoxy) is 1. The van der Waals surface area contributed by atoms with Crippen molar-refractivity contribution in [3.8, 4) is 10.6 Å². The van der Waals surface area contributed by atoms with E-state index in [2.05, 4.69) is 20.6 Å². The van der Waals surface area contributed by atoms with Crippen LogP contribution in [0.1, 0.15) is 36.2 Å². The number of thiophene rings is 1. The number of hydrogen-bond donors (Lipinski definition) is 4. The maximum atomic E-state index is 12.8. The number of nitrogens with one attached hydrogen (secondary N) is 2. The van der Waals surface area contributed by atoms with Gasteiger partial charge in [-0.1, -0.05) is 24.2 Å². The fourth-order valence-corrected chi connectivity index (χ4v) is 6.74. The zero-order chi connectivity index (χ0) is 26.9. The Labute approximate surface area is 231 Å². The lowest BCUT2D eigenvalue weighted by Crippen LogP contribution is -2.36. The molecule has 13 heteroatoms. The molecule has 0 bridgehead atoms. The highest BCUT2D eigenvalue weighted by Crippen LogP contribution is 2.39. The fraction of sp³-hybridized carbons (Fsp3) is 0.385. The van der Waals surface area contributed by atoms with Crippen molar-refractivity contribution in [3.63, 3.8) is 0 Å². The Bertz CT molecular complexity index is 1560. The molecule has 2 atom stereocenters. The Morgan fingerprint density at radius 2 is 1.97 bits per heavy atom. The Morgan fingerprint density at radius 1 is 1.15 bits per heavy atom. The molecule has 1 saturated heterocycles. The van der Waals surface area contributed by atoms with Gasteiger partial charge in [0, 0.05) is 24.5 Å². The summed E-state index contributed by atoms with van der Waals surface area (Å²) in [4.78, 5) is 35.7. The monoisotopic (exact) mass is 568 g/mol. The second-order valence-corrected chi connectivity index (χ2v) is 11.5. The number of amides is 1. The van der Waals surface area contributed by atoms with E-state index in [1.165, 1.54) is 28.7 Å². The maximum Gasteiger partial charge on any atom is 0.269 e. The lowest BCUT2D eigenvalue weighted by Gasteiger charge is -2.29. The van der Waals surface area contributed by atoms with E-state index in [0.717, 1.165) is 31.2 Å². The molecule has 0 unspecified atom stereocenters. The zero-order valence-corrected chi connectivity index (χ0v) is 22.6.